The number of ether oxygens (including phenoxy) is 1. The number of nitrogens with zero attached hydrogens (tertiary/aromatic N) is 1. The van der Waals surface area contributed by atoms with Gasteiger partial charge in [0.2, 0.25) is 11.8 Å². The van der Waals surface area contributed by atoms with Gasteiger partial charge in [0.1, 0.15) is 17.7 Å². The predicted octanol–water partition coefficient (Wildman–Crippen LogP) is 1.97. The van der Waals surface area contributed by atoms with Crippen LogP contribution < -0.4 is 10.6 Å². The molecule has 170 valence electrons. The zero-order valence-corrected chi connectivity index (χ0v) is 19.1. The van der Waals surface area contributed by atoms with E-state index in [0.717, 1.165) is 0 Å². The number of nitrogens with one attached hydrogen (secondary N) is 2. The summed E-state index contributed by atoms with van der Waals surface area (Å²) in [5.41, 5.74) is 0.174. The molecule has 0 heterocycles. The lowest BCUT2D eigenvalue weighted by atomic mass is 9.97. The van der Waals surface area contributed by atoms with E-state index in [0.29, 0.717) is 11.1 Å². The number of aliphatic hydroxyl groups excluding tert-OH is 1. The zero-order valence-electron chi connectivity index (χ0n) is 19.1. The molecule has 8 nitrogen and oxygen atoms in total. The molecule has 1 rings (SSSR count). The van der Waals surface area contributed by atoms with Gasteiger partial charge in [-0.3, -0.25) is 9.59 Å². The van der Waals surface area contributed by atoms with Crippen molar-refractivity contribution in [2.24, 2.45) is 0 Å². The van der Waals surface area contributed by atoms with E-state index in [2.05, 4.69) is 16.6 Å². The molecule has 0 aliphatic rings. The molecule has 8 heteroatoms. The Morgan fingerprint density at radius 1 is 1.16 bits per heavy atom. The van der Waals surface area contributed by atoms with E-state index in [9.17, 15) is 19.5 Å². The third-order valence-corrected chi connectivity index (χ3v) is 4.13. The zero-order chi connectivity index (χ0) is 23.8. The second-order valence-electron chi connectivity index (χ2n) is 8.42. The van der Waals surface area contributed by atoms with Gasteiger partial charge in [0.15, 0.2) is 0 Å². The lowest BCUT2D eigenvalue weighted by Gasteiger charge is -2.34. The number of benzene rings is 1. The standard InChI is InChI=1S/C23H33N3O5/c1-8-17-11-9-10-12-18(17)19(20(28)24-15(2)3)26(13-14-27)21(29)16(4)25-22(30)31-23(5,6)7/h1,9-12,15-16,19,27H,13-14H2,2-7H3,(H,24,28)(H,25,30). The van der Waals surface area contributed by atoms with Crippen LogP contribution in [-0.2, 0) is 14.3 Å². The molecule has 2 unspecified atom stereocenters. The van der Waals surface area contributed by atoms with Crippen LogP contribution in [0.1, 0.15) is 58.7 Å². The van der Waals surface area contributed by atoms with Crippen LogP contribution in [0.25, 0.3) is 0 Å². The first kappa shape index (κ1) is 26.0. The van der Waals surface area contributed by atoms with Crippen LogP contribution in [0.3, 0.4) is 0 Å². The van der Waals surface area contributed by atoms with Crippen LogP contribution in [0.5, 0.6) is 0 Å². The lowest BCUT2D eigenvalue weighted by Crippen LogP contribution is -2.53. The Bertz CT molecular complexity index is 823. The van der Waals surface area contributed by atoms with Gasteiger partial charge >= 0.3 is 6.09 Å². The van der Waals surface area contributed by atoms with Crippen molar-refractivity contribution >= 4 is 17.9 Å². The van der Waals surface area contributed by atoms with E-state index in [1.165, 1.54) is 11.8 Å². The molecule has 1 aromatic rings. The Morgan fingerprint density at radius 3 is 2.29 bits per heavy atom. The molecular formula is C23H33N3O5. The van der Waals surface area contributed by atoms with Gasteiger partial charge in [-0.05, 0) is 53.2 Å². The fraction of sp³-hybridized carbons (Fsp3) is 0.522. The summed E-state index contributed by atoms with van der Waals surface area (Å²) in [6.07, 6.45) is 4.86. The average Bonchev–Trinajstić information content (AvgIpc) is 2.65. The minimum atomic E-state index is -1.09. The average molecular weight is 432 g/mol. The summed E-state index contributed by atoms with van der Waals surface area (Å²) in [4.78, 5) is 39.7. The normalized spacial score (nSPS) is 13.0. The van der Waals surface area contributed by atoms with Crippen LogP contribution >= 0.6 is 0 Å². The van der Waals surface area contributed by atoms with Crippen molar-refractivity contribution in [1.29, 1.82) is 0 Å². The number of carbonyl (C=O) groups excluding carboxylic acids is 3. The van der Waals surface area contributed by atoms with Crippen molar-refractivity contribution in [2.75, 3.05) is 13.2 Å². The molecule has 1 aromatic carbocycles. The highest BCUT2D eigenvalue weighted by atomic mass is 16.6. The molecule has 0 fully saturated rings. The fourth-order valence-electron chi connectivity index (χ4n) is 2.95. The van der Waals surface area contributed by atoms with Gasteiger partial charge < -0.3 is 25.4 Å². The highest BCUT2D eigenvalue weighted by molar-refractivity contribution is 5.92. The van der Waals surface area contributed by atoms with E-state index < -0.39 is 35.6 Å². The number of alkyl carbamates (subject to hydrolysis) is 1. The van der Waals surface area contributed by atoms with Crippen molar-refractivity contribution in [3.8, 4) is 12.3 Å². The molecule has 0 saturated carbocycles. The van der Waals surface area contributed by atoms with Gasteiger partial charge in [0.05, 0.1) is 6.61 Å². The van der Waals surface area contributed by atoms with Crippen LogP contribution in [0.4, 0.5) is 4.79 Å². The second-order valence-corrected chi connectivity index (χ2v) is 8.42. The lowest BCUT2D eigenvalue weighted by molar-refractivity contribution is -0.143. The molecule has 0 aliphatic carbocycles. The molecule has 0 aromatic heterocycles. The van der Waals surface area contributed by atoms with E-state index in [-0.39, 0.29) is 19.2 Å². The van der Waals surface area contributed by atoms with E-state index in [1.807, 2.05) is 0 Å². The largest absolute Gasteiger partial charge is 0.444 e. The van der Waals surface area contributed by atoms with Crippen molar-refractivity contribution in [3.63, 3.8) is 0 Å². The van der Waals surface area contributed by atoms with Crippen LogP contribution in [0.15, 0.2) is 24.3 Å². The van der Waals surface area contributed by atoms with Crippen molar-refractivity contribution in [3.05, 3.63) is 35.4 Å². The number of amides is 3. The van der Waals surface area contributed by atoms with Gasteiger partial charge in [-0.25, -0.2) is 4.79 Å². The van der Waals surface area contributed by atoms with E-state index >= 15 is 0 Å². The van der Waals surface area contributed by atoms with Crippen molar-refractivity contribution < 1.29 is 24.2 Å². The Hall–Kier alpha value is -3.05. The Labute approximate surface area is 184 Å². The topological polar surface area (TPSA) is 108 Å². The first-order valence-electron chi connectivity index (χ1n) is 10.2. The van der Waals surface area contributed by atoms with E-state index in [4.69, 9.17) is 11.2 Å². The summed E-state index contributed by atoms with van der Waals surface area (Å²) in [6, 6.07) is 4.53. The minimum absolute atomic E-state index is 0.131. The molecule has 0 bridgehead atoms. The summed E-state index contributed by atoms with van der Waals surface area (Å²) >= 11 is 0. The summed E-state index contributed by atoms with van der Waals surface area (Å²) < 4.78 is 5.20. The molecule has 0 saturated heterocycles. The molecule has 0 aliphatic heterocycles. The SMILES string of the molecule is C#Cc1ccccc1C(C(=O)NC(C)C)N(CCO)C(=O)C(C)NC(=O)OC(C)(C)C. The van der Waals surface area contributed by atoms with Gasteiger partial charge in [0, 0.05) is 18.2 Å². The number of aliphatic hydroxyl groups is 1. The number of carbonyl (C=O) groups is 3. The number of hydrogen-bond donors (Lipinski definition) is 3. The molecular weight excluding hydrogens is 398 g/mol. The summed E-state index contributed by atoms with van der Waals surface area (Å²) in [5.74, 6) is 1.54. The van der Waals surface area contributed by atoms with Gasteiger partial charge in [-0.15, -0.1) is 6.42 Å². The fourth-order valence-corrected chi connectivity index (χ4v) is 2.95. The van der Waals surface area contributed by atoms with Crippen LogP contribution in [-0.4, -0.2) is 58.8 Å². The summed E-state index contributed by atoms with van der Waals surface area (Å²) in [5, 5.41) is 14.9. The highest BCUT2D eigenvalue weighted by Crippen LogP contribution is 2.25. The Morgan fingerprint density at radius 2 is 1.77 bits per heavy atom. The summed E-state index contributed by atoms with van der Waals surface area (Å²) in [7, 11) is 0. The number of rotatable bonds is 8. The van der Waals surface area contributed by atoms with Crippen molar-refractivity contribution in [2.45, 2.75) is 65.3 Å². The van der Waals surface area contributed by atoms with Gasteiger partial charge in [-0.1, -0.05) is 24.1 Å². The van der Waals surface area contributed by atoms with Crippen molar-refractivity contribution in [1.82, 2.24) is 15.5 Å². The quantitative estimate of drug-likeness (QED) is 0.546. The maximum Gasteiger partial charge on any atom is 0.408 e. The monoisotopic (exact) mass is 431 g/mol. The third kappa shape index (κ3) is 7.95. The van der Waals surface area contributed by atoms with Crippen LogP contribution in [0, 0.1) is 12.3 Å². The molecule has 0 radical (unpaired) electrons. The second kappa shape index (κ2) is 11.4. The molecule has 3 N–H and O–H groups in total. The Kier molecular flexibility index (Phi) is 9.53. The van der Waals surface area contributed by atoms with Gasteiger partial charge in [0.25, 0.3) is 0 Å². The maximum absolute atomic E-state index is 13.3. The van der Waals surface area contributed by atoms with E-state index in [1.54, 1.807) is 58.9 Å². The molecule has 0 spiro atoms. The maximum atomic E-state index is 13.3. The Balaban J connectivity index is 3.32. The number of hydrogen-bond acceptors (Lipinski definition) is 5. The summed E-state index contributed by atoms with van der Waals surface area (Å²) in [6.45, 7) is 9.70. The predicted molar refractivity (Wildman–Crippen MR) is 118 cm³/mol. The molecule has 31 heavy (non-hydrogen) atoms. The highest BCUT2D eigenvalue weighted by Gasteiger charge is 2.35. The minimum Gasteiger partial charge on any atom is -0.444 e. The van der Waals surface area contributed by atoms with Gasteiger partial charge in [-0.2, -0.15) is 0 Å². The molecule has 2 atom stereocenters. The first-order valence-corrected chi connectivity index (χ1v) is 10.2. The number of terminal acetylenes is 1. The van der Waals surface area contributed by atoms with Crippen LogP contribution in [0.2, 0.25) is 0 Å². The molecule has 3 amide bonds. The third-order valence-electron chi connectivity index (χ3n) is 4.13. The first-order chi connectivity index (χ1) is 14.4. The smallest absolute Gasteiger partial charge is 0.408 e.